The van der Waals surface area contributed by atoms with Crippen molar-refractivity contribution in [1.29, 1.82) is 0 Å². The summed E-state index contributed by atoms with van der Waals surface area (Å²) in [5.74, 6) is -0.554. The smallest absolute Gasteiger partial charge is 1.00 e. The zero-order chi connectivity index (χ0) is 14.1. The monoisotopic (exact) mass is 502 g/mol. The Balaban J connectivity index is 0. The number of nitrogens with zero attached hydrogens (tertiary/aromatic N) is 1. The third kappa shape index (κ3) is 5.98. The van der Waals surface area contributed by atoms with Gasteiger partial charge in [-0.05, 0) is 0 Å². The molecular formula is C15H30Cl2HfNSi. The molecular weight excluding hydrogens is 472 g/mol. The van der Waals surface area contributed by atoms with Crippen LogP contribution in [0.5, 0.6) is 0 Å². The Bertz CT molecular complexity index is 354. The number of hydrogen-bond donors (Lipinski definition) is 0. The molecule has 0 heterocycles. The second-order valence-electron chi connectivity index (χ2n) is 7.59. The van der Waals surface area contributed by atoms with Crippen LogP contribution in [0.25, 0.3) is 0 Å². The molecule has 0 saturated heterocycles. The molecule has 0 aromatic carbocycles. The summed E-state index contributed by atoms with van der Waals surface area (Å²) in [5.41, 5.74) is 1.89. The van der Waals surface area contributed by atoms with Crippen LogP contribution in [0.3, 0.4) is 0 Å². The quantitative estimate of drug-likeness (QED) is 0.434. The number of allylic oxidation sites excluding steroid dienone is 3. The maximum Gasteiger partial charge on any atom is -1.00 e. The summed E-state index contributed by atoms with van der Waals surface area (Å²) < 4.78 is 3.48. The SMILES string of the molecule is C[SiH](C)[Hf+2]([N](C1=CC=CC1)C(C)(C)C)[C](C)(C)C.[Cl-].[Cl-]. The second-order valence-corrected chi connectivity index (χ2v) is 36.6. The van der Waals surface area contributed by atoms with Crippen molar-refractivity contribution in [3.63, 3.8) is 0 Å². The molecule has 5 heteroatoms. The van der Waals surface area contributed by atoms with E-state index in [9.17, 15) is 0 Å². The molecule has 0 radical (unpaired) electrons. The van der Waals surface area contributed by atoms with E-state index < -0.39 is 26.9 Å². The van der Waals surface area contributed by atoms with Crippen LogP contribution in [0, 0.1) is 0 Å². The van der Waals surface area contributed by atoms with Gasteiger partial charge in [-0.15, -0.1) is 0 Å². The van der Waals surface area contributed by atoms with Crippen molar-refractivity contribution in [3.8, 4) is 0 Å². The van der Waals surface area contributed by atoms with Gasteiger partial charge in [-0.25, -0.2) is 0 Å². The summed E-state index contributed by atoms with van der Waals surface area (Å²) in [6.07, 6.45) is 8.06. The normalized spacial score (nSPS) is 14.6. The predicted octanol–water partition coefficient (Wildman–Crippen LogP) is -1.33. The van der Waals surface area contributed by atoms with Gasteiger partial charge in [-0.1, -0.05) is 0 Å². The van der Waals surface area contributed by atoms with Gasteiger partial charge in [0, 0.05) is 0 Å². The molecule has 0 atom stereocenters. The minimum atomic E-state index is -1.79. The molecule has 0 aromatic heterocycles. The van der Waals surface area contributed by atoms with Crippen LogP contribution < -0.4 is 24.8 Å². The van der Waals surface area contributed by atoms with Gasteiger partial charge in [0.2, 0.25) is 0 Å². The van der Waals surface area contributed by atoms with Crippen molar-refractivity contribution in [2.24, 2.45) is 0 Å². The van der Waals surface area contributed by atoms with E-state index in [0.29, 0.717) is 8.71 Å². The van der Waals surface area contributed by atoms with Crippen LogP contribution in [0.2, 0.25) is 16.3 Å². The van der Waals surface area contributed by atoms with Crippen LogP contribution in [0.15, 0.2) is 23.9 Å². The second kappa shape index (κ2) is 8.55. The zero-order valence-electron chi connectivity index (χ0n) is 14.2. The van der Waals surface area contributed by atoms with E-state index >= 15 is 0 Å². The van der Waals surface area contributed by atoms with Gasteiger partial charge in [0.05, 0.1) is 0 Å². The van der Waals surface area contributed by atoms with Crippen LogP contribution in [0.1, 0.15) is 48.0 Å². The molecule has 20 heavy (non-hydrogen) atoms. The largest absolute Gasteiger partial charge is 1.00 e. The predicted molar refractivity (Wildman–Crippen MR) is 82.0 cm³/mol. The van der Waals surface area contributed by atoms with E-state index in [1.165, 1.54) is 0 Å². The van der Waals surface area contributed by atoms with Crippen molar-refractivity contribution in [2.45, 2.75) is 69.8 Å². The van der Waals surface area contributed by atoms with E-state index in [1.54, 1.807) is 5.70 Å². The maximum atomic E-state index is 2.93. The minimum absolute atomic E-state index is 0. The molecule has 0 bridgehead atoms. The first-order valence-electron chi connectivity index (χ1n) is 7.08. The molecule has 0 amide bonds. The van der Waals surface area contributed by atoms with Crippen LogP contribution >= 0.6 is 0 Å². The third-order valence-electron chi connectivity index (χ3n) is 3.27. The first-order valence-corrected chi connectivity index (χ1v) is 19.6. The van der Waals surface area contributed by atoms with Gasteiger partial charge in [-0.3, -0.25) is 0 Å². The Kier molecular flexibility index (Phi) is 9.92. The molecule has 1 rings (SSSR count). The van der Waals surface area contributed by atoms with E-state index in [1.807, 2.05) is 0 Å². The Hall–Kier alpha value is 0.947. The summed E-state index contributed by atoms with van der Waals surface area (Å²) in [6, 6.07) is 0. The van der Waals surface area contributed by atoms with E-state index in [4.69, 9.17) is 0 Å². The average molecular weight is 502 g/mol. The summed E-state index contributed by atoms with van der Waals surface area (Å²) >= 11 is -1.79. The molecule has 0 aromatic rings. The molecule has 0 unspecified atom stereocenters. The standard InChI is InChI=1S/C9H14N.C4H9.C2H7Si.2ClH.Hf/c1-9(2,3)10-8-6-4-5-7-8;1-4(2)3;1-3-2;;;/h4-6H,7H2,1-3H3;1-3H3;3H,1-2H3;2*1H;/q-1;;;;;+3/p-2. The molecule has 0 N–H and O–H groups in total. The fraction of sp³-hybridized carbons (Fsp3) is 0.733. The molecule has 0 aliphatic heterocycles. The first kappa shape index (κ1) is 23.2. The Morgan fingerprint density at radius 2 is 1.55 bits per heavy atom. The molecule has 0 spiro atoms. The molecule has 117 valence electrons. The summed E-state index contributed by atoms with van der Waals surface area (Å²) in [4.78, 5) is 0. The summed E-state index contributed by atoms with van der Waals surface area (Å²) in [5, 5.41) is 0. The van der Waals surface area contributed by atoms with Gasteiger partial charge < -0.3 is 24.8 Å². The summed E-state index contributed by atoms with van der Waals surface area (Å²) in [7, 11) is 0. The minimum Gasteiger partial charge on any atom is -1.00 e. The average Bonchev–Trinajstić information content (AvgIpc) is 2.61. The fourth-order valence-electron chi connectivity index (χ4n) is 3.01. The van der Waals surface area contributed by atoms with Gasteiger partial charge in [0.1, 0.15) is 0 Å². The number of halogens is 2. The van der Waals surface area contributed by atoms with E-state index in [2.05, 4.69) is 75.8 Å². The molecule has 1 nitrogen and oxygen atoms in total. The van der Waals surface area contributed by atoms with Crippen molar-refractivity contribution >= 4 is 5.98 Å². The fourth-order valence-corrected chi connectivity index (χ4v) is 40.7. The van der Waals surface area contributed by atoms with Crippen LogP contribution in [-0.4, -0.2) is 14.4 Å². The van der Waals surface area contributed by atoms with Gasteiger partial charge >= 0.3 is 123 Å². The van der Waals surface area contributed by atoms with Gasteiger partial charge in [-0.2, -0.15) is 0 Å². The summed E-state index contributed by atoms with van der Waals surface area (Å²) in [6.45, 7) is 19.8. The van der Waals surface area contributed by atoms with Crippen molar-refractivity contribution in [2.75, 3.05) is 0 Å². The molecule has 1 aliphatic rings. The van der Waals surface area contributed by atoms with Gasteiger partial charge in [0.25, 0.3) is 0 Å². The zero-order valence-corrected chi connectivity index (χ0v) is 20.5. The maximum absolute atomic E-state index is 2.93. The molecule has 0 saturated carbocycles. The topological polar surface area (TPSA) is 3.24 Å². The van der Waals surface area contributed by atoms with Crippen molar-refractivity contribution in [1.82, 2.24) is 2.89 Å². The Morgan fingerprint density at radius 3 is 1.80 bits per heavy atom. The third-order valence-corrected chi connectivity index (χ3v) is 36.0. The number of rotatable bonds is 3. The van der Waals surface area contributed by atoms with E-state index in [-0.39, 0.29) is 24.8 Å². The van der Waals surface area contributed by atoms with Crippen molar-refractivity contribution < 1.29 is 45.7 Å². The molecule has 0 fully saturated rings. The Morgan fingerprint density at radius 1 is 1.05 bits per heavy atom. The Labute approximate surface area is 147 Å². The number of hydrogen-bond acceptors (Lipinski definition) is 1. The van der Waals surface area contributed by atoms with E-state index in [0.717, 1.165) is 6.42 Å². The van der Waals surface area contributed by atoms with Crippen LogP contribution in [-0.2, 0) is 20.9 Å². The van der Waals surface area contributed by atoms with Crippen molar-refractivity contribution in [3.05, 3.63) is 23.9 Å². The first-order chi connectivity index (χ1) is 8.05. The molecule has 1 aliphatic carbocycles. The van der Waals surface area contributed by atoms with Gasteiger partial charge in [0.15, 0.2) is 0 Å². The van der Waals surface area contributed by atoms with Crippen LogP contribution in [0.4, 0.5) is 0 Å².